The first-order valence-corrected chi connectivity index (χ1v) is 6.66. The lowest BCUT2D eigenvalue weighted by Crippen LogP contribution is -2.44. The Kier molecular flexibility index (Phi) is 6.22. The molecule has 19 heavy (non-hydrogen) atoms. The molecule has 11 heteroatoms. The van der Waals surface area contributed by atoms with Gasteiger partial charge in [0.05, 0.1) is 12.2 Å². The molecular weight excluding hydrogens is 293 g/mol. The molecule has 1 unspecified atom stereocenters. The lowest BCUT2D eigenvalue weighted by molar-refractivity contribution is -0.140. The summed E-state index contributed by atoms with van der Waals surface area (Å²) in [6.07, 6.45) is -7.29. The summed E-state index contributed by atoms with van der Waals surface area (Å²) in [7, 11) is -4.23. The molecule has 0 saturated heterocycles. The van der Waals surface area contributed by atoms with Crippen molar-refractivity contribution in [2.75, 3.05) is 5.75 Å². The molecule has 7 nitrogen and oxygen atoms in total. The van der Waals surface area contributed by atoms with Gasteiger partial charge >= 0.3 is 12.1 Å². The van der Waals surface area contributed by atoms with Crippen LogP contribution in [0.1, 0.15) is 19.3 Å². The zero-order valence-electron chi connectivity index (χ0n) is 9.61. The molecule has 0 aromatic heterocycles. The highest BCUT2D eigenvalue weighted by atomic mass is 32.2. The van der Waals surface area contributed by atoms with E-state index in [-0.39, 0.29) is 0 Å². The predicted octanol–water partition coefficient (Wildman–Crippen LogP) is -0.423. The minimum Gasteiger partial charge on any atom is -0.480 e. The molecule has 0 aliphatic heterocycles. The van der Waals surface area contributed by atoms with Crippen molar-refractivity contribution in [2.45, 2.75) is 31.5 Å². The van der Waals surface area contributed by atoms with Crippen molar-refractivity contribution in [3.05, 3.63) is 0 Å². The molecule has 0 aliphatic carbocycles. The maximum Gasteiger partial charge on any atom is 0.389 e. The Hall–Kier alpha value is -1.36. The van der Waals surface area contributed by atoms with Gasteiger partial charge in [-0.3, -0.25) is 9.59 Å². The number of nitrogens with two attached hydrogens (primary N) is 1. The molecule has 0 heterocycles. The monoisotopic (exact) mass is 306 g/mol. The number of halogens is 3. The van der Waals surface area contributed by atoms with Crippen LogP contribution in [0.3, 0.4) is 0 Å². The number of carboxylic acids is 1. The number of amides is 1. The van der Waals surface area contributed by atoms with Crippen molar-refractivity contribution in [2.24, 2.45) is 5.73 Å². The van der Waals surface area contributed by atoms with E-state index in [0.29, 0.717) is 0 Å². The number of carbonyl (C=O) groups excluding carboxylic acids is 1. The molecule has 1 atom stereocenters. The molecule has 0 aromatic carbocycles. The lowest BCUT2D eigenvalue weighted by atomic mass is 10.2. The van der Waals surface area contributed by atoms with Gasteiger partial charge in [-0.1, -0.05) is 0 Å². The Morgan fingerprint density at radius 1 is 1.32 bits per heavy atom. The van der Waals surface area contributed by atoms with Crippen molar-refractivity contribution in [1.82, 2.24) is 4.72 Å². The molecule has 112 valence electrons. The van der Waals surface area contributed by atoms with Gasteiger partial charge in [0, 0.05) is 6.42 Å². The summed E-state index contributed by atoms with van der Waals surface area (Å²) in [5.74, 6) is -3.58. The smallest absolute Gasteiger partial charge is 0.389 e. The van der Waals surface area contributed by atoms with Crippen molar-refractivity contribution < 1.29 is 36.3 Å². The molecule has 4 N–H and O–H groups in total. The zero-order valence-corrected chi connectivity index (χ0v) is 10.4. The van der Waals surface area contributed by atoms with E-state index in [4.69, 9.17) is 10.8 Å². The largest absolute Gasteiger partial charge is 0.480 e. The van der Waals surface area contributed by atoms with Gasteiger partial charge in [0.25, 0.3) is 0 Å². The summed E-state index contributed by atoms with van der Waals surface area (Å²) in [5.41, 5.74) is 4.72. The van der Waals surface area contributed by atoms with Crippen molar-refractivity contribution in [1.29, 1.82) is 0 Å². The van der Waals surface area contributed by atoms with E-state index in [1.165, 1.54) is 0 Å². The van der Waals surface area contributed by atoms with Gasteiger partial charge in [0.1, 0.15) is 6.04 Å². The number of carboxylic acid groups (broad SMARTS) is 1. The topological polar surface area (TPSA) is 127 Å². The van der Waals surface area contributed by atoms with Gasteiger partial charge in [-0.15, -0.1) is 0 Å². The fourth-order valence-electron chi connectivity index (χ4n) is 1.12. The highest BCUT2D eigenvalue weighted by Crippen LogP contribution is 2.21. The normalized spacial score (nSPS) is 14.1. The van der Waals surface area contributed by atoms with Gasteiger partial charge in [-0.25, -0.2) is 13.1 Å². The van der Waals surface area contributed by atoms with Gasteiger partial charge < -0.3 is 10.8 Å². The first-order valence-electron chi connectivity index (χ1n) is 5.01. The number of nitrogens with one attached hydrogen (secondary N) is 1. The third kappa shape index (κ3) is 9.25. The third-order valence-electron chi connectivity index (χ3n) is 1.90. The molecule has 1 amide bonds. The van der Waals surface area contributed by atoms with E-state index in [1.54, 1.807) is 4.72 Å². The highest BCUT2D eigenvalue weighted by molar-refractivity contribution is 7.89. The quantitative estimate of drug-likeness (QED) is 0.561. The SMILES string of the molecule is NC(=O)CC(NS(=O)(=O)CCCC(F)(F)F)C(=O)O. The first-order chi connectivity index (χ1) is 8.43. The molecular formula is C8H13F3N2O5S. The van der Waals surface area contributed by atoms with Crippen LogP contribution in [0.2, 0.25) is 0 Å². The van der Waals surface area contributed by atoms with Crippen molar-refractivity contribution in [3.63, 3.8) is 0 Å². The fourth-order valence-corrected chi connectivity index (χ4v) is 2.38. The van der Waals surface area contributed by atoms with E-state index >= 15 is 0 Å². The van der Waals surface area contributed by atoms with Crippen LogP contribution in [0, 0.1) is 0 Å². The molecule has 0 rings (SSSR count). The van der Waals surface area contributed by atoms with Crippen LogP contribution in [0.15, 0.2) is 0 Å². The standard InChI is InChI=1S/C8H13F3N2O5S/c9-8(10,11)2-1-3-19(17,18)13-5(7(15)16)4-6(12)14/h5,13H,1-4H2,(H2,12,14)(H,15,16). The Bertz CT molecular complexity index is 434. The molecule has 0 aliphatic rings. The Labute approximate surface area is 107 Å². The number of aliphatic carboxylic acids is 1. The third-order valence-corrected chi connectivity index (χ3v) is 3.37. The zero-order chi connectivity index (χ0) is 15.3. The summed E-state index contributed by atoms with van der Waals surface area (Å²) >= 11 is 0. The summed E-state index contributed by atoms with van der Waals surface area (Å²) in [5, 5.41) is 8.63. The van der Waals surface area contributed by atoms with Crippen LogP contribution >= 0.6 is 0 Å². The number of rotatable bonds is 8. The molecule has 0 fully saturated rings. The minimum absolute atomic E-state index is 0.707. The van der Waals surface area contributed by atoms with E-state index in [1.807, 2.05) is 0 Å². The van der Waals surface area contributed by atoms with Crippen LogP contribution in [-0.4, -0.2) is 43.4 Å². The summed E-state index contributed by atoms with van der Waals surface area (Å²) < 4.78 is 59.7. The van der Waals surface area contributed by atoms with Gasteiger partial charge in [-0.05, 0) is 6.42 Å². The van der Waals surface area contributed by atoms with E-state index in [2.05, 4.69) is 0 Å². The predicted molar refractivity (Wildman–Crippen MR) is 57.4 cm³/mol. The lowest BCUT2D eigenvalue weighted by Gasteiger charge is -2.13. The molecule has 0 aromatic rings. The van der Waals surface area contributed by atoms with E-state index in [9.17, 15) is 31.2 Å². The van der Waals surface area contributed by atoms with Crippen LogP contribution in [-0.2, 0) is 19.6 Å². The summed E-state index contributed by atoms with van der Waals surface area (Å²) in [6.45, 7) is 0. The average Bonchev–Trinajstić information content (AvgIpc) is 2.12. The number of primary amides is 1. The molecule has 0 saturated carbocycles. The number of sulfonamides is 1. The summed E-state index contributed by atoms with van der Waals surface area (Å²) in [4.78, 5) is 21.2. The van der Waals surface area contributed by atoms with Gasteiger partial charge in [0.15, 0.2) is 0 Å². The maximum atomic E-state index is 11.8. The number of alkyl halides is 3. The first kappa shape index (κ1) is 17.6. The number of carbonyl (C=O) groups is 2. The second kappa shape index (κ2) is 6.70. The van der Waals surface area contributed by atoms with Crippen molar-refractivity contribution in [3.8, 4) is 0 Å². The fraction of sp³-hybridized carbons (Fsp3) is 0.750. The van der Waals surface area contributed by atoms with E-state index < -0.39 is 59.1 Å². The van der Waals surface area contributed by atoms with Crippen LogP contribution in [0.4, 0.5) is 13.2 Å². The van der Waals surface area contributed by atoms with Crippen LogP contribution in [0.5, 0.6) is 0 Å². The molecule has 0 bridgehead atoms. The summed E-state index contributed by atoms with van der Waals surface area (Å²) in [6, 6.07) is -1.78. The second-order valence-electron chi connectivity index (χ2n) is 3.72. The van der Waals surface area contributed by atoms with Gasteiger partial charge in [0.2, 0.25) is 15.9 Å². The van der Waals surface area contributed by atoms with Crippen LogP contribution < -0.4 is 10.5 Å². The maximum absolute atomic E-state index is 11.8. The number of hydrogen-bond acceptors (Lipinski definition) is 4. The Balaban J connectivity index is 4.48. The average molecular weight is 306 g/mol. The Morgan fingerprint density at radius 2 is 1.84 bits per heavy atom. The minimum atomic E-state index is -4.49. The van der Waals surface area contributed by atoms with Crippen molar-refractivity contribution >= 4 is 21.9 Å². The highest BCUT2D eigenvalue weighted by Gasteiger charge is 2.29. The van der Waals surface area contributed by atoms with E-state index in [0.717, 1.165) is 0 Å². The molecule has 0 spiro atoms. The number of hydrogen-bond donors (Lipinski definition) is 3. The Morgan fingerprint density at radius 3 is 2.21 bits per heavy atom. The van der Waals surface area contributed by atoms with Crippen LogP contribution in [0.25, 0.3) is 0 Å². The van der Waals surface area contributed by atoms with Gasteiger partial charge in [-0.2, -0.15) is 13.2 Å². The molecule has 0 radical (unpaired) electrons. The second-order valence-corrected chi connectivity index (χ2v) is 5.59.